The van der Waals surface area contributed by atoms with E-state index in [4.69, 9.17) is 80.6 Å². The Morgan fingerprint density at radius 2 is 0.970 bits per heavy atom. The number of ether oxygens (including phenoxy) is 6. The number of nitrogens with zero attached hydrogens (tertiary/aromatic N) is 4. The summed E-state index contributed by atoms with van der Waals surface area (Å²) in [5.41, 5.74) is 10.5. The number of rotatable bonds is 12. The molecule has 0 bridgehead atoms. The van der Waals surface area contributed by atoms with Gasteiger partial charge in [-0.05, 0) is 67.0 Å². The van der Waals surface area contributed by atoms with Crippen LogP contribution in [-0.2, 0) is 19.1 Å². The monoisotopic (exact) mass is 995 g/mol. The standard InChI is InChI=1S/C24H25Cl2N3O4.C23H24Cl2N4O4.CH4/c1-12-7-14(23(30)33-4)9-17(12)29-24-27-11-15-8-13(5-6-16(15)28-24)20-21(25)18(31-2)10-19(32-3)22(20)26;1-31-17-9-18(32-2)21(25)19(20(17)24)11-4-5-15-13(6-11)10-27-23(28-15)29-16-8-12(7-14(16)26)22(30)33-3;/h5-6,8,10-12,14,17H,7,9H2,1-4H3,(H,27,28,29);4-6,9-10,12,14,16H,7-8,26H2,1-3H3,(H,27,28,29);1H4. The molecule has 4 aromatic carbocycles. The Morgan fingerprint density at radius 3 is 1.37 bits per heavy atom. The van der Waals surface area contributed by atoms with Gasteiger partial charge in [-0.15, -0.1) is 0 Å². The number of nitrogens with one attached hydrogen (secondary N) is 2. The molecule has 6 unspecified atom stereocenters. The zero-order valence-corrected chi connectivity index (χ0v) is 40.2. The summed E-state index contributed by atoms with van der Waals surface area (Å²) >= 11 is 26.2. The molecule has 6 aromatic rings. The maximum atomic E-state index is 11.9. The van der Waals surface area contributed by atoms with Gasteiger partial charge in [-0.3, -0.25) is 9.59 Å². The number of hydrogen-bond donors (Lipinski definition) is 3. The molecule has 2 fully saturated rings. The van der Waals surface area contributed by atoms with Crippen molar-refractivity contribution in [3.8, 4) is 45.3 Å². The normalized spacial score (nSPS) is 19.7. The van der Waals surface area contributed by atoms with Crippen LogP contribution in [0.5, 0.6) is 23.0 Å². The Balaban J connectivity index is 0.000000218. The third-order valence-electron chi connectivity index (χ3n) is 12.1. The number of benzene rings is 4. The zero-order valence-electron chi connectivity index (χ0n) is 37.2. The van der Waals surface area contributed by atoms with Crippen molar-refractivity contribution in [2.45, 2.75) is 58.2 Å². The average Bonchev–Trinajstić information content (AvgIpc) is 3.88. The number of nitrogens with two attached hydrogens (primary N) is 1. The minimum absolute atomic E-state index is 0. The first kappa shape index (κ1) is 50.8. The second-order valence-electron chi connectivity index (χ2n) is 16.0. The van der Waals surface area contributed by atoms with Crippen LogP contribution in [0.15, 0.2) is 60.9 Å². The third-order valence-corrected chi connectivity index (χ3v) is 13.6. The van der Waals surface area contributed by atoms with Crippen LogP contribution in [0.3, 0.4) is 0 Å². The summed E-state index contributed by atoms with van der Waals surface area (Å²) in [5, 5.41) is 9.84. The topological polar surface area (TPSA) is 191 Å². The number of hydrogen-bond acceptors (Lipinski definition) is 15. The van der Waals surface area contributed by atoms with Crippen molar-refractivity contribution in [3.05, 3.63) is 81.0 Å². The van der Waals surface area contributed by atoms with Gasteiger partial charge in [0.15, 0.2) is 0 Å². The minimum Gasteiger partial charge on any atom is -0.495 e. The van der Waals surface area contributed by atoms with Crippen molar-refractivity contribution in [2.75, 3.05) is 53.3 Å². The Bertz CT molecular complexity index is 2540. The van der Waals surface area contributed by atoms with Gasteiger partial charge in [0, 0.05) is 64.6 Å². The second kappa shape index (κ2) is 22.0. The van der Waals surface area contributed by atoms with E-state index in [1.54, 1.807) is 38.7 Å². The summed E-state index contributed by atoms with van der Waals surface area (Å²) in [7, 11) is 8.96. The molecule has 0 radical (unpaired) electrons. The summed E-state index contributed by atoms with van der Waals surface area (Å²) in [6, 6.07) is 14.5. The van der Waals surface area contributed by atoms with Gasteiger partial charge in [-0.2, -0.15) is 0 Å². The Kier molecular flexibility index (Phi) is 16.7. The van der Waals surface area contributed by atoms with Crippen molar-refractivity contribution in [2.24, 2.45) is 23.5 Å². The number of aromatic nitrogens is 4. The fourth-order valence-electron chi connectivity index (χ4n) is 8.53. The van der Waals surface area contributed by atoms with Gasteiger partial charge < -0.3 is 44.8 Å². The van der Waals surface area contributed by atoms with Gasteiger partial charge >= 0.3 is 11.9 Å². The molecule has 2 aromatic heterocycles. The van der Waals surface area contributed by atoms with E-state index in [-0.39, 0.29) is 49.3 Å². The van der Waals surface area contributed by atoms with Crippen molar-refractivity contribution < 1.29 is 38.0 Å². The predicted octanol–water partition coefficient (Wildman–Crippen LogP) is 10.6. The summed E-state index contributed by atoms with van der Waals surface area (Å²) in [6.07, 6.45) is 6.09. The highest BCUT2D eigenvalue weighted by molar-refractivity contribution is 6.42. The first-order chi connectivity index (χ1) is 31.7. The molecule has 0 saturated heterocycles. The van der Waals surface area contributed by atoms with E-state index in [0.717, 1.165) is 39.4 Å². The predicted molar refractivity (Wildman–Crippen MR) is 264 cm³/mol. The van der Waals surface area contributed by atoms with E-state index >= 15 is 0 Å². The van der Waals surface area contributed by atoms with Crippen LogP contribution in [0, 0.1) is 17.8 Å². The van der Waals surface area contributed by atoms with Crippen LogP contribution in [0.1, 0.15) is 40.0 Å². The molecule has 2 heterocycles. The molecule has 8 rings (SSSR count). The van der Waals surface area contributed by atoms with E-state index in [1.807, 2.05) is 36.4 Å². The lowest BCUT2D eigenvalue weighted by Gasteiger charge is -2.17. The third kappa shape index (κ3) is 10.8. The molecule has 15 nitrogen and oxygen atoms in total. The molecule has 0 spiro atoms. The molecule has 0 amide bonds. The lowest BCUT2D eigenvalue weighted by Crippen LogP contribution is -2.35. The van der Waals surface area contributed by atoms with Crippen LogP contribution in [0.2, 0.25) is 20.1 Å². The summed E-state index contributed by atoms with van der Waals surface area (Å²) < 4.78 is 31.2. The number of methoxy groups -OCH3 is 6. The molecule has 356 valence electrons. The maximum Gasteiger partial charge on any atom is 0.308 e. The molecular formula is C48H53Cl4N7O8. The van der Waals surface area contributed by atoms with Crippen LogP contribution >= 0.6 is 46.4 Å². The molecule has 2 aliphatic rings. The largest absolute Gasteiger partial charge is 0.495 e. The van der Waals surface area contributed by atoms with Gasteiger partial charge in [0.25, 0.3) is 0 Å². The van der Waals surface area contributed by atoms with Crippen molar-refractivity contribution >= 4 is 92.0 Å². The van der Waals surface area contributed by atoms with E-state index in [2.05, 4.69) is 37.5 Å². The van der Waals surface area contributed by atoms with Crippen LogP contribution < -0.4 is 35.3 Å². The summed E-state index contributed by atoms with van der Waals surface area (Å²) in [5.74, 6) is 2.42. The van der Waals surface area contributed by atoms with Gasteiger partial charge in [0.2, 0.25) is 11.9 Å². The molecule has 2 aliphatic carbocycles. The van der Waals surface area contributed by atoms with E-state index in [1.165, 1.54) is 28.4 Å². The molecule has 6 atom stereocenters. The van der Waals surface area contributed by atoms with Gasteiger partial charge in [0.05, 0.1) is 85.6 Å². The molecule has 0 aliphatic heterocycles. The number of fused-ring (bicyclic) bond motifs is 2. The van der Waals surface area contributed by atoms with Gasteiger partial charge in [0.1, 0.15) is 23.0 Å². The van der Waals surface area contributed by atoms with Crippen molar-refractivity contribution in [3.63, 3.8) is 0 Å². The van der Waals surface area contributed by atoms with E-state index in [0.29, 0.717) is 91.3 Å². The fraction of sp³-hybridized carbons (Fsp3) is 0.375. The number of carbonyl (C=O) groups is 2. The van der Waals surface area contributed by atoms with Crippen molar-refractivity contribution in [1.29, 1.82) is 0 Å². The minimum atomic E-state index is -0.242. The smallest absolute Gasteiger partial charge is 0.308 e. The number of esters is 2. The highest BCUT2D eigenvalue weighted by Gasteiger charge is 2.38. The molecule has 67 heavy (non-hydrogen) atoms. The van der Waals surface area contributed by atoms with Crippen LogP contribution in [-0.4, -0.2) is 92.7 Å². The van der Waals surface area contributed by atoms with Crippen LogP contribution in [0.25, 0.3) is 44.1 Å². The fourth-order valence-corrected chi connectivity index (χ4v) is 9.97. The number of carbonyl (C=O) groups excluding carboxylic acids is 2. The molecular weight excluding hydrogens is 944 g/mol. The van der Waals surface area contributed by atoms with E-state index in [9.17, 15) is 9.59 Å². The Labute approximate surface area is 409 Å². The van der Waals surface area contributed by atoms with Gasteiger partial charge in [-0.1, -0.05) is 72.9 Å². The Morgan fingerprint density at radius 1 is 0.582 bits per heavy atom. The zero-order chi connectivity index (χ0) is 47.4. The maximum absolute atomic E-state index is 11.9. The highest BCUT2D eigenvalue weighted by Crippen LogP contribution is 2.48. The summed E-state index contributed by atoms with van der Waals surface area (Å²) in [4.78, 5) is 41.9. The van der Waals surface area contributed by atoms with E-state index < -0.39 is 0 Å². The lowest BCUT2D eigenvalue weighted by atomic mass is 10.0. The lowest BCUT2D eigenvalue weighted by molar-refractivity contribution is -0.146. The number of anilines is 2. The quantitative estimate of drug-likeness (QED) is 0.0981. The SMILES string of the molecule is C.COC(=O)C1CC(C)C(Nc2ncc3cc(-c4c(Cl)c(OC)cc(OC)c4Cl)ccc3n2)C1.COC(=O)C1CC(N)C(Nc2ncc3cc(-c4c(Cl)c(OC)cc(OC)c4Cl)ccc3n2)C1. The number of halogens is 4. The molecule has 4 N–H and O–H groups in total. The second-order valence-corrected chi connectivity index (χ2v) is 17.5. The summed E-state index contributed by atoms with van der Waals surface area (Å²) in [6.45, 7) is 2.11. The molecule has 2 saturated carbocycles. The first-order valence-corrected chi connectivity index (χ1v) is 22.4. The first-order valence-electron chi connectivity index (χ1n) is 20.9. The highest BCUT2D eigenvalue weighted by atomic mass is 35.5. The van der Waals surface area contributed by atoms with Gasteiger partial charge in [-0.25, -0.2) is 19.9 Å². The van der Waals surface area contributed by atoms with Crippen molar-refractivity contribution in [1.82, 2.24) is 19.9 Å². The average molecular weight is 998 g/mol. The van der Waals surface area contributed by atoms with Crippen LogP contribution in [0.4, 0.5) is 11.9 Å². The Hall–Kier alpha value is -5.58. The molecule has 19 heteroatoms.